The van der Waals surface area contributed by atoms with Crippen LogP contribution in [0.5, 0.6) is 0 Å². The third-order valence-corrected chi connectivity index (χ3v) is 3.39. The van der Waals surface area contributed by atoms with Gasteiger partial charge in [0.2, 0.25) is 0 Å². The molecule has 0 aliphatic carbocycles. The molecule has 0 saturated heterocycles. The van der Waals surface area contributed by atoms with E-state index in [1.54, 1.807) is 0 Å². The normalized spacial score (nSPS) is 15.4. The maximum absolute atomic E-state index is 12.9. The number of hydrogen-bond acceptors (Lipinski definition) is 2. The monoisotopic (exact) mass is 284 g/mol. The summed E-state index contributed by atoms with van der Waals surface area (Å²) in [5.74, 6) is 0. The molecule has 5 heteroatoms. The zero-order valence-corrected chi connectivity index (χ0v) is 11.8. The third-order valence-electron chi connectivity index (χ3n) is 3.39. The Morgan fingerprint density at radius 2 is 1.75 bits per heavy atom. The molecule has 1 aromatic rings. The molecule has 0 aromatic heterocycles. The van der Waals surface area contributed by atoms with Crippen LogP contribution in [0.25, 0.3) is 0 Å². The van der Waals surface area contributed by atoms with Gasteiger partial charge < -0.3 is 0 Å². The van der Waals surface area contributed by atoms with Gasteiger partial charge in [0, 0.05) is 6.04 Å². The molecular weight excluding hydrogens is 265 g/mol. The lowest BCUT2D eigenvalue weighted by molar-refractivity contribution is -0.214. The highest BCUT2D eigenvalue weighted by Crippen LogP contribution is 2.41. The van der Waals surface area contributed by atoms with Crippen molar-refractivity contribution in [3.63, 3.8) is 0 Å². The fourth-order valence-electron chi connectivity index (χ4n) is 1.91. The summed E-state index contributed by atoms with van der Waals surface area (Å²) in [7, 11) is 0. The van der Waals surface area contributed by atoms with Gasteiger partial charge in [-0.05, 0) is 18.9 Å². The van der Waals surface area contributed by atoms with Crippen LogP contribution in [0.2, 0.25) is 0 Å². The second-order valence-corrected chi connectivity index (χ2v) is 5.57. The molecule has 0 aliphatic heterocycles. The largest absolute Gasteiger partial charge is 0.394 e. The second-order valence-electron chi connectivity index (χ2n) is 5.57. The lowest BCUT2D eigenvalue weighted by Crippen LogP contribution is -2.40. The molecule has 1 unspecified atom stereocenters. The van der Waals surface area contributed by atoms with Crippen molar-refractivity contribution in [2.24, 2.45) is 5.41 Å². The van der Waals surface area contributed by atoms with Crippen LogP contribution in [0.1, 0.15) is 38.8 Å². The van der Waals surface area contributed by atoms with E-state index in [0.29, 0.717) is 0 Å². The first-order valence-corrected chi connectivity index (χ1v) is 6.45. The van der Waals surface area contributed by atoms with Gasteiger partial charge in [0.1, 0.15) is 0 Å². The lowest BCUT2D eigenvalue weighted by Gasteiger charge is -2.30. The quantitative estimate of drug-likeness (QED) is 0.879. The smallest absolute Gasteiger partial charge is 0.295 e. The van der Waals surface area contributed by atoms with Gasteiger partial charge in [-0.15, -0.1) is 0 Å². The number of nitrogens with zero attached hydrogens (tertiary/aromatic N) is 1. The summed E-state index contributed by atoms with van der Waals surface area (Å²) in [6, 6.07) is 10.2. The Morgan fingerprint density at radius 1 is 1.20 bits per heavy atom. The Kier molecular flexibility index (Phi) is 5.18. The van der Waals surface area contributed by atoms with Crippen molar-refractivity contribution < 1.29 is 13.2 Å². The predicted molar refractivity (Wildman–Crippen MR) is 71.8 cm³/mol. The minimum absolute atomic E-state index is 0.176. The molecule has 110 valence electrons. The third kappa shape index (κ3) is 4.24. The van der Waals surface area contributed by atoms with Crippen LogP contribution in [-0.2, 0) is 0 Å². The molecule has 1 aromatic carbocycles. The van der Waals surface area contributed by atoms with Crippen molar-refractivity contribution in [2.75, 3.05) is 0 Å². The fourth-order valence-corrected chi connectivity index (χ4v) is 1.91. The Bertz CT molecular complexity index is 460. The molecule has 20 heavy (non-hydrogen) atoms. The van der Waals surface area contributed by atoms with Gasteiger partial charge in [0.15, 0.2) is 0 Å². The highest BCUT2D eigenvalue weighted by molar-refractivity contribution is 5.18. The van der Waals surface area contributed by atoms with Gasteiger partial charge in [-0.1, -0.05) is 44.2 Å². The molecule has 0 amide bonds. The zero-order chi connectivity index (χ0) is 15.4. The molecule has 2 nitrogen and oxygen atoms in total. The minimum atomic E-state index is -4.32. The van der Waals surface area contributed by atoms with E-state index in [1.807, 2.05) is 43.3 Å². The molecule has 0 radical (unpaired) electrons. The van der Waals surface area contributed by atoms with E-state index in [0.717, 1.165) is 19.4 Å². The number of rotatable bonds is 5. The fraction of sp³-hybridized carbons (Fsp3) is 0.533. The topological polar surface area (TPSA) is 35.8 Å². The van der Waals surface area contributed by atoms with Crippen molar-refractivity contribution in [1.29, 1.82) is 5.26 Å². The number of hydrogen-bond donors (Lipinski definition) is 1. The van der Waals surface area contributed by atoms with E-state index in [1.165, 1.54) is 0 Å². The molecule has 0 fully saturated rings. The first kappa shape index (κ1) is 16.5. The first-order valence-electron chi connectivity index (χ1n) is 6.45. The molecule has 0 saturated carbocycles. The number of alkyl halides is 3. The molecule has 0 heterocycles. The summed E-state index contributed by atoms with van der Waals surface area (Å²) in [4.78, 5) is 0. The van der Waals surface area contributed by atoms with Gasteiger partial charge >= 0.3 is 6.18 Å². The van der Waals surface area contributed by atoms with Crippen molar-refractivity contribution in [1.82, 2.24) is 5.32 Å². The van der Waals surface area contributed by atoms with Crippen molar-refractivity contribution in [2.45, 2.75) is 45.5 Å². The van der Waals surface area contributed by atoms with Crippen LogP contribution in [-0.4, -0.2) is 12.2 Å². The van der Waals surface area contributed by atoms with Crippen LogP contribution >= 0.6 is 0 Å². The maximum atomic E-state index is 12.9. The average molecular weight is 284 g/mol. The van der Waals surface area contributed by atoms with E-state index in [2.05, 4.69) is 5.32 Å². The van der Waals surface area contributed by atoms with E-state index >= 15 is 0 Å². The molecule has 0 aliphatic rings. The van der Waals surface area contributed by atoms with Crippen molar-refractivity contribution in [3.8, 4) is 6.07 Å². The molecule has 1 rings (SSSR count). The van der Waals surface area contributed by atoms with Gasteiger partial charge in [0.25, 0.3) is 0 Å². The Hall–Kier alpha value is -1.54. The standard InChI is InChI=1S/C15H19F3N2/c1-11(12-7-5-4-6-8-12)20-13(10-19)9-14(2,3)15(16,17)18/h4-8,11,13,20H,9H2,1-3H3/t11-,13?/m1/s1. The van der Waals surface area contributed by atoms with Gasteiger partial charge in [0.05, 0.1) is 17.5 Å². The SMILES string of the molecule is C[C@@H](NC(C#N)CC(C)(C)C(F)(F)F)c1ccccc1. The highest BCUT2D eigenvalue weighted by Gasteiger charge is 2.48. The zero-order valence-electron chi connectivity index (χ0n) is 11.8. The van der Waals surface area contributed by atoms with Crippen molar-refractivity contribution >= 4 is 0 Å². The van der Waals surface area contributed by atoms with E-state index in [9.17, 15) is 13.2 Å². The van der Waals surface area contributed by atoms with Crippen molar-refractivity contribution in [3.05, 3.63) is 35.9 Å². The number of benzene rings is 1. The van der Waals surface area contributed by atoms with Crippen LogP contribution in [0, 0.1) is 16.7 Å². The molecular formula is C15H19F3N2. The predicted octanol–water partition coefficient (Wildman–Crippen LogP) is 4.21. The van der Waals surface area contributed by atoms with E-state index in [4.69, 9.17) is 5.26 Å². The summed E-state index contributed by atoms with van der Waals surface area (Å²) in [5, 5.41) is 12.0. The van der Waals surface area contributed by atoms with E-state index in [-0.39, 0.29) is 12.5 Å². The van der Waals surface area contributed by atoms with Crippen LogP contribution in [0.15, 0.2) is 30.3 Å². The van der Waals surface area contributed by atoms with E-state index < -0.39 is 17.6 Å². The number of nitriles is 1. The van der Waals surface area contributed by atoms with Crippen LogP contribution in [0.4, 0.5) is 13.2 Å². The molecule has 0 spiro atoms. The van der Waals surface area contributed by atoms with Gasteiger partial charge in [-0.25, -0.2) is 0 Å². The summed E-state index contributed by atoms with van der Waals surface area (Å²) in [6.45, 7) is 4.07. The first-order chi connectivity index (χ1) is 9.17. The number of nitrogens with one attached hydrogen (secondary N) is 1. The summed E-state index contributed by atoms with van der Waals surface area (Å²) < 4.78 is 38.6. The van der Waals surface area contributed by atoms with Gasteiger partial charge in [-0.2, -0.15) is 18.4 Å². The molecule has 0 bridgehead atoms. The summed E-state index contributed by atoms with van der Waals surface area (Å²) in [6.07, 6.45) is -4.59. The van der Waals surface area contributed by atoms with Crippen LogP contribution in [0.3, 0.4) is 0 Å². The lowest BCUT2D eigenvalue weighted by atomic mass is 9.85. The second kappa shape index (κ2) is 6.27. The summed E-state index contributed by atoms with van der Waals surface area (Å²) >= 11 is 0. The molecule has 2 atom stereocenters. The Balaban J connectivity index is 2.72. The summed E-state index contributed by atoms with van der Waals surface area (Å²) in [5.41, 5.74) is -0.950. The Morgan fingerprint density at radius 3 is 2.20 bits per heavy atom. The van der Waals surface area contributed by atoms with Crippen LogP contribution < -0.4 is 5.32 Å². The highest BCUT2D eigenvalue weighted by atomic mass is 19.4. The van der Waals surface area contributed by atoms with Gasteiger partial charge in [-0.3, -0.25) is 5.32 Å². The minimum Gasteiger partial charge on any atom is -0.295 e. The average Bonchev–Trinajstić information content (AvgIpc) is 2.37. The Labute approximate surface area is 117 Å². The number of halogens is 3. The molecule has 1 N–H and O–H groups in total. The maximum Gasteiger partial charge on any atom is 0.394 e.